The first-order valence-electron chi connectivity index (χ1n) is 7.61. The number of sulfonamides is 1. The molecule has 1 atom stereocenters. The van der Waals surface area contributed by atoms with E-state index in [-0.39, 0.29) is 11.2 Å². The molecule has 0 spiro atoms. The Morgan fingerprint density at radius 3 is 2.10 bits per heavy atom. The molecule has 1 unspecified atom stereocenters. The van der Waals surface area contributed by atoms with Gasteiger partial charge in [0.1, 0.15) is 0 Å². The summed E-state index contributed by atoms with van der Waals surface area (Å²) in [5.41, 5.74) is 5.45. The van der Waals surface area contributed by atoms with Crippen molar-refractivity contribution in [2.75, 3.05) is 38.5 Å². The summed E-state index contributed by atoms with van der Waals surface area (Å²) in [6.07, 6.45) is 2.07. The summed E-state index contributed by atoms with van der Waals surface area (Å²) in [4.78, 5) is 2.38. The van der Waals surface area contributed by atoms with Crippen LogP contribution in [0.15, 0.2) is 0 Å². The topological polar surface area (TPSA) is 66.6 Å². The van der Waals surface area contributed by atoms with Gasteiger partial charge in [0.25, 0.3) is 0 Å². The minimum atomic E-state index is -3.13. The molecule has 0 aromatic rings. The highest BCUT2D eigenvalue weighted by molar-refractivity contribution is 7.89. The number of nitrogens with two attached hydrogens (primary N) is 1. The molecule has 1 rings (SSSR count). The molecule has 1 fully saturated rings. The first-order valence-corrected chi connectivity index (χ1v) is 9.22. The van der Waals surface area contributed by atoms with Crippen molar-refractivity contribution in [1.29, 1.82) is 0 Å². The largest absolute Gasteiger partial charge is 0.330 e. The monoisotopic (exact) mass is 305 g/mol. The van der Waals surface area contributed by atoms with Crippen LogP contribution in [0.4, 0.5) is 0 Å². The fraction of sp³-hybridized carbons (Fsp3) is 1.00. The summed E-state index contributed by atoms with van der Waals surface area (Å²) < 4.78 is 26.4. The highest BCUT2D eigenvalue weighted by Gasteiger charge is 2.31. The summed E-state index contributed by atoms with van der Waals surface area (Å²) in [6.45, 7) is 11.6. The van der Waals surface area contributed by atoms with Gasteiger partial charge in [-0.15, -0.1) is 0 Å². The van der Waals surface area contributed by atoms with Gasteiger partial charge in [0.05, 0.1) is 5.75 Å². The van der Waals surface area contributed by atoms with Crippen LogP contribution in [0.3, 0.4) is 0 Å². The molecule has 0 aliphatic carbocycles. The van der Waals surface area contributed by atoms with Crippen LogP contribution in [0.25, 0.3) is 0 Å². The average Bonchev–Trinajstić information content (AvgIpc) is 2.33. The molecule has 1 aliphatic heterocycles. The second kappa shape index (κ2) is 7.20. The molecule has 0 aromatic heterocycles. The third-order valence-electron chi connectivity index (χ3n) is 3.77. The van der Waals surface area contributed by atoms with Gasteiger partial charge in [-0.2, -0.15) is 4.31 Å². The van der Waals surface area contributed by atoms with Crippen LogP contribution in [0, 0.1) is 5.41 Å². The third-order valence-corrected chi connectivity index (χ3v) is 6.15. The van der Waals surface area contributed by atoms with Crippen molar-refractivity contribution in [3.05, 3.63) is 0 Å². The number of rotatable bonds is 6. The summed E-state index contributed by atoms with van der Waals surface area (Å²) in [5.74, 6) is 0.222. The summed E-state index contributed by atoms with van der Waals surface area (Å²) in [5, 5.41) is 0. The number of hydrogen-bond donors (Lipinski definition) is 1. The maximum absolute atomic E-state index is 12.4. The number of piperazine rings is 1. The van der Waals surface area contributed by atoms with Crippen LogP contribution in [0.2, 0.25) is 0 Å². The Labute approximate surface area is 124 Å². The van der Waals surface area contributed by atoms with E-state index in [0.717, 1.165) is 25.9 Å². The second-order valence-corrected chi connectivity index (χ2v) is 8.86. The van der Waals surface area contributed by atoms with E-state index in [4.69, 9.17) is 5.73 Å². The van der Waals surface area contributed by atoms with Crippen LogP contribution in [-0.4, -0.2) is 62.1 Å². The fourth-order valence-corrected chi connectivity index (χ4v) is 4.82. The number of hydrogen-bond acceptors (Lipinski definition) is 4. The fourth-order valence-electron chi connectivity index (χ4n) is 2.82. The van der Waals surface area contributed by atoms with E-state index in [2.05, 4.69) is 11.8 Å². The van der Waals surface area contributed by atoms with Crippen LogP contribution >= 0.6 is 0 Å². The Morgan fingerprint density at radius 1 is 1.15 bits per heavy atom. The normalized spacial score (nSPS) is 21.1. The standard InChI is InChI=1S/C14H31N3O2S/c1-5-13(6-7-15)16-8-10-17(11-9-16)20(18,19)12-14(2,3)4/h13H,5-12,15H2,1-4H3. The Hall–Kier alpha value is -0.170. The predicted octanol–water partition coefficient (Wildman–Crippen LogP) is 1.11. The van der Waals surface area contributed by atoms with Gasteiger partial charge in [-0.3, -0.25) is 4.90 Å². The van der Waals surface area contributed by atoms with Gasteiger partial charge in [0, 0.05) is 32.2 Å². The van der Waals surface area contributed by atoms with Crippen molar-refractivity contribution in [1.82, 2.24) is 9.21 Å². The highest BCUT2D eigenvalue weighted by Crippen LogP contribution is 2.21. The number of nitrogens with zero attached hydrogens (tertiary/aromatic N) is 2. The lowest BCUT2D eigenvalue weighted by atomic mass is 10.0. The van der Waals surface area contributed by atoms with Gasteiger partial charge < -0.3 is 5.73 Å². The zero-order valence-electron chi connectivity index (χ0n) is 13.4. The third kappa shape index (κ3) is 5.31. The molecule has 0 aromatic carbocycles. The van der Waals surface area contributed by atoms with E-state index in [1.807, 2.05) is 20.8 Å². The molecule has 0 bridgehead atoms. The first kappa shape index (κ1) is 17.9. The van der Waals surface area contributed by atoms with Gasteiger partial charge >= 0.3 is 0 Å². The molecule has 20 heavy (non-hydrogen) atoms. The highest BCUT2D eigenvalue weighted by atomic mass is 32.2. The first-order chi connectivity index (χ1) is 9.19. The van der Waals surface area contributed by atoms with Crippen molar-refractivity contribution in [3.63, 3.8) is 0 Å². The van der Waals surface area contributed by atoms with E-state index in [1.165, 1.54) is 0 Å². The van der Waals surface area contributed by atoms with E-state index >= 15 is 0 Å². The van der Waals surface area contributed by atoms with Crippen LogP contribution in [0.1, 0.15) is 40.5 Å². The van der Waals surface area contributed by atoms with E-state index in [9.17, 15) is 8.42 Å². The Kier molecular flexibility index (Phi) is 6.44. The van der Waals surface area contributed by atoms with E-state index in [1.54, 1.807) is 4.31 Å². The molecular formula is C14H31N3O2S. The van der Waals surface area contributed by atoms with Crippen molar-refractivity contribution < 1.29 is 8.42 Å². The predicted molar refractivity (Wildman–Crippen MR) is 84.1 cm³/mol. The van der Waals surface area contributed by atoms with E-state index < -0.39 is 10.0 Å². The molecule has 1 saturated heterocycles. The quantitative estimate of drug-likeness (QED) is 0.798. The molecule has 0 radical (unpaired) electrons. The minimum absolute atomic E-state index is 0.193. The molecule has 2 N–H and O–H groups in total. The molecule has 5 nitrogen and oxygen atoms in total. The molecule has 1 heterocycles. The van der Waals surface area contributed by atoms with Gasteiger partial charge in [0.15, 0.2) is 0 Å². The summed E-state index contributed by atoms with van der Waals surface area (Å²) in [6, 6.07) is 0.493. The van der Waals surface area contributed by atoms with E-state index in [0.29, 0.717) is 25.7 Å². The lowest BCUT2D eigenvalue weighted by Crippen LogP contribution is -2.53. The van der Waals surface area contributed by atoms with Gasteiger partial charge in [0.2, 0.25) is 10.0 Å². The van der Waals surface area contributed by atoms with Crippen LogP contribution in [-0.2, 0) is 10.0 Å². The average molecular weight is 305 g/mol. The Balaban J connectivity index is 2.57. The lowest BCUT2D eigenvalue weighted by Gasteiger charge is -2.39. The van der Waals surface area contributed by atoms with Crippen molar-refractivity contribution in [3.8, 4) is 0 Å². The molecule has 0 amide bonds. The van der Waals surface area contributed by atoms with Gasteiger partial charge in [-0.25, -0.2) is 8.42 Å². The minimum Gasteiger partial charge on any atom is -0.330 e. The van der Waals surface area contributed by atoms with Gasteiger partial charge in [-0.05, 0) is 24.8 Å². The van der Waals surface area contributed by atoms with Crippen LogP contribution < -0.4 is 5.73 Å². The SMILES string of the molecule is CCC(CCN)N1CCN(S(=O)(=O)CC(C)(C)C)CC1. The second-order valence-electron chi connectivity index (χ2n) is 6.89. The molecular weight excluding hydrogens is 274 g/mol. The Bertz CT molecular complexity index is 382. The zero-order valence-corrected chi connectivity index (χ0v) is 14.2. The maximum atomic E-state index is 12.4. The summed E-state index contributed by atoms with van der Waals surface area (Å²) in [7, 11) is -3.13. The molecule has 0 saturated carbocycles. The van der Waals surface area contributed by atoms with Crippen molar-refractivity contribution in [2.24, 2.45) is 11.1 Å². The Morgan fingerprint density at radius 2 is 1.70 bits per heavy atom. The van der Waals surface area contributed by atoms with Crippen molar-refractivity contribution in [2.45, 2.75) is 46.6 Å². The lowest BCUT2D eigenvalue weighted by molar-refractivity contribution is 0.128. The van der Waals surface area contributed by atoms with Crippen molar-refractivity contribution >= 4 is 10.0 Å². The molecule has 6 heteroatoms. The van der Waals surface area contributed by atoms with Gasteiger partial charge in [-0.1, -0.05) is 27.7 Å². The molecule has 1 aliphatic rings. The maximum Gasteiger partial charge on any atom is 0.214 e. The smallest absolute Gasteiger partial charge is 0.214 e. The zero-order chi connectivity index (χ0) is 15.4. The van der Waals surface area contributed by atoms with Crippen LogP contribution in [0.5, 0.6) is 0 Å². The molecule has 120 valence electrons. The summed E-state index contributed by atoms with van der Waals surface area (Å²) >= 11 is 0.